The van der Waals surface area contributed by atoms with E-state index in [9.17, 15) is 9.59 Å². The van der Waals surface area contributed by atoms with Crippen molar-refractivity contribution in [3.63, 3.8) is 0 Å². The molecule has 0 aliphatic carbocycles. The number of primary amides is 1. The summed E-state index contributed by atoms with van der Waals surface area (Å²) in [7, 11) is 0. The number of hydrogen-bond acceptors (Lipinski definition) is 3. The van der Waals surface area contributed by atoms with Gasteiger partial charge in [0.15, 0.2) is 0 Å². The van der Waals surface area contributed by atoms with E-state index in [4.69, 9.17) is 5.73 Å². The van der Waals surface area contributed by atoms with Crippen molar-refractivity contribution in [1.29, 1.82) is 0 Å². The molecule has 0 fully saturated rings. The van der Waals surface area contributed by atoms with Crippen LogP contribution in [0.4, 0.5) is 5.69 Å². The molecule has 2 amide bonds. The Kier molecular flexibility index (Phi) is 3.46. The summed E-state index contributed by atoms with van der Waals surface area (Å²) in [4.78, 5) is 23.2. The molecule has 0 bridgehead atoms. The van der Waals surface area contributed by atoms with Crippen molar-refractivity contribution in [3.05, 3.63) is 29.8 Å². The topological polar surface area (TPSA) is 84.2 Å². The minimum absolute atomic E-state index is 0.139. The maximum absolute atomic E-state index is 12.0. The molecule has 4 N–H and O–H groups in total. The van der Waals surface area contributed by atoms with E-state index < -0.39 is 11.4 Å². The highest BCUT2D eigenvalue weighted by Crippen LogP contribution is 2.33. The summed E-state index contributed by atoms with van der Waals surface area (Å²) < 4.78 is 0. The third kappa shape index (κ3) is 2.86. The van der Waals surface area contributed by atoms with E-state index in [1.54, 1.807) is 13.8 Å². The zero-order valence-electron chi connectivity index (χ0n) is 11.2. The molecule has 0 saturated carbocycles. The van der Waals surface area contributed by atoms with Gasteiger partial charge in [0.2, 0.25) is 11.8 Å². The van der Waals surface area contributed by atoms with E-state index in [0.717, 1.165) is 17.8 Å². The monoisotopic (exact) mass is 261 g/mol. The van der Waals surface area contributed by atoms with E-state index in [1.165, 1.54) is 0 Å². The molecule has 102 valence electrons. The summed E-state index contributed by atoms with van der Waals surface area (Å²) in [6.45, 7) is 3.95. The lowest BCUT2D eigenvalue weighted by atomic mass is 9.96. The van der Waals surface area contributed by atoms with Crippen LogP contribution in [0.5, 0.6) is 0 Å². The SMILES string of the molecule is CC(C)(NC(=O)CC1CNc2ccccc21)C(N)=O. The zero-order valence-corrected chi connectivity index (χ0v) is 11.2. The first-order valence-electron chi connectivity index (χ1n) is 6.34. The van der Waals surface area contributed by atoms with Gasteiger partial charge in [0.25, 0.3) is 0 Å². The molecule has 1 aliphatic rings. The summed E-state index contributed by atoms with van der Waals surface area (Å²) in [5, 5.41) is 5.94. The number of carbonyl (C=O) groups excluding carboxylic acids is 2. The van der Waals surface area contributed by atoms with Gasteiger partial charge < -0.3 is 16.4 Å². The summed E-state index contributed by atoms with van der Waals surface area (Å²) in [5.41, 5.74) is 6.45. The van der Waals surface area contributed by atoms with Gasteiger partial charge >= 0.3 is 0 Å². The summed E-state index contributed by atoms with van der Waals surface area (Å²) in [6.07, 6.45) is 0.348. The van der Waals surface area contributed by atoms with Crippen molar-refractivity contribution in [1.82, 2.24) is 5.32 Å². The van der Waals surface area contributed by atoms with Gasteiger partial charge in [0, 0.05) is 24.6 Å². The van der Waals surface area contributed by atoms with Gasteiger partial charge in [-0.1, -0.05) is 18.2 Å². The molecule has 19 heavy (non-hydrogen) atoms. The van der Waals surface area contributed by atoms with E-state index >= 15 is 0 Å². The molecule has 0 aromatic heterocycles. The minimum atomic E-state index is -1.01. The largest absolute Gasteiger partial charge is 0.384 e. The van der Waals surface area contributed by atoms with Gasteiger partial charge in [-0.15, -0.1) is 0 Å². The highest BCUT2D eigenvalue weighted by Gasteiger charge is 2.29. The van der Waals surface area contributed by atoms with Gasteiger partial charge in [-0.25, -0.2) is 0 Å². The zero-order chi connectivity index (χ0) is 14.0. The molecule has 0 spiro atoms. The van der Waals surface area contributed by atoms with E-state index in [-0.39, 0.29) is 11.8 Å². The molecule has 2 rings (SSSR count). The van der Waals surface area contributed by atoms with Gasteiger partial charge in [-0.05, 0) is 25.5 Å². The summed E-state index contributed by atoms with van der Waals surface area (Å²) >= 11 is 0. The number of anilines is 1. The van der Waals surface area contributed by atoms with Crippen LogP contribution in [0.3, 0.4) is 0 Å². The number of rotatable bonds is 4. The predicted octanol–water partition coefficient (Wildman–Crippen LogP) is 0.966. The van der Waals surface area contributed by atoms with E-state index in [0.29, 0.717) is 6.42 Å². The Balaban J connectivity index is 2.00. The van der Waals surface area contributed by atoms with Gasteiger partial charge in [0.05, 0.1) is 0 Å². The summed E-state index contributed by atoms with van der Waals surface area (Å²) in [6, 6.07) is 7.95. The van der Waals surface area contributed by atoms with Gasteiger partial charge in [0.1, 0.15) is 5.54 Å². The third-order valence-corrected chi connectivity index (χ3v) is 3.44. The maximum atomic E-state index is 12.0. The molecule has 1 aromatic rings. The van der Waals surface area contributed by atoms with Crippen molar-refractivity contribution < 1.29 is 9.59 Å². The van der Waals surface area contributed by atoms with Crippen LogP contribution in [-0.2, 0) is 9.59 Å². The molecule has 1 aliphatic heterocycles. The molecule has 5 heteroatoms. The molecule has 0 saturated heterocycles. The standard InChI is InChI=1S/C14H19N3O2/c1-14(2,13(15)19)17-12(18)7-9-8-16-11-6-4-3-5-10(9)11/h3-6,9,16H,7-8H2,1-2H3,(H2,15,19)(H,17,18). The Bertz CT molecular complexity index is 511. The highest BCUT2D eigenvalue weighted by atomic mass is 16.2. The smallest absolute Gasteiger partial charge is 0.242 e. The number of benzene rings is 1. The van der Waals surface area contributed by atoms with Crippen LogP contribution in [0.2, 0.25) is 0 Å². The molecular formula is C14H19N3O2. The number of para-hydroxylation sites is 1. The number of fused-ring (bicyclic) bond motifs is 1. The second-order valence-corrected chi connectivity index (χ2v) is 5.41. The van der Waals surface area contributed by atoms with Crippen molar-refractivity contribution in [2.45, 2.75) is 31.7 Å². The molecule has 0 radical (unpaired) electrons. The third-order valence-electron chi connectivity index (χ3n) is 3.44. The normalized spacial score (nSPS) is 17.5. The fraction of sp³-hybridized carbons (Fsp3) is 0.429. The number of nitrogens with two attached hydrogens (primary N) is 1. The first-order chi connectivity index (χ1) is 8.90. The lowest BCUT2D eigenvalue weighted by Crippen LogP contribution is -2.53. The van der Waals surface area contributed by atoms with Crippen LogP contribution < -0.4 is 16.4 Å². The van der Waals surface area contributed by atoms with E-state index in [2.05, 4.69) is 10.6 Å². The Hall–Kier alpha value is -2.04. The molecule has 1 unspecified atom stereocenters. The minimum Gasteiger partial charge on any atom is -0.384 e. The number of amides is 2. The quantitative estimate of drug-likeness (QED) is 0.755. The fourth-order valence-electron chi connectivity index (χ4n) is 2.22. The Morgan fingerprint density at radius 2 is 2.11 bits per heavy atom. The molecule has 5 nitrogen and oxygen atoms in total. The predicted molar refractivity (Wildman–Crippen MR) is 73.7 cm³/mol. The first-order valence-corrected chi connectivity index (χ1v) is 6.34. The second-order valence-electron chi connectivity index (χ2n) is 5.41. The second kappa shape index (κ2) is 4.91. The van der Waals surface area contributed by atoms with Crippen LogP contribution in [-0.4, -0.2) is 23.9 Å². The van der Waals surface area contributed by atoms with Crippen molar-refractivity contribution in [2.24, 2.45) is 5.73 Å². The molecule has 1 aromatic carbocycles. The Morgan fingerprint density at radius 1 is 1.42 bits per heavy atom. The Morgan fingerprint density at radius 3 is 2.79 bits per heavy atom. The average molecular weight is 261 g/mol. The van der Waals surface area contributed by atoms with Gasteiger partial charge in [-0.3, -0.25) is 9.59 Å². The average Bonchev–Trinajstić information content (AvgIpc) is 2.72. The first kappa shape index (κ1) is 13.4. The van der Waals surface area contributed by atoms with Crippen LogP contribution in [0, 0.1) is 0 Å². The van der Waals surface area contributed by atoms with Crippen LogP contribution in [0.15, 0.2) is 24.3 Å². The van der Waals surface area contributed by atoms with Crippen LogP contribution >= 0.6 is 0 Å². The molecular weight excluding hydrogens is 242 g/mol. The lowest BCUT2D eigenvalue weighted by molar-refractivity contribution is -0.130. The number of hydrogen-bond donors (Lipinski definition) is 3. The number of carbonyl (C=O) groups is 2. The fourth-order valence-corrected chi connectivity index (χ4v) is 2.22. The van der Waals surface area contributed by atoms with E-state index in [1.807, 2.05) is 24.3 Å². The van der Waals surface area contributed by atoms with Crippen LogP contribution in [0.1, 0.15) is 31.7 Å². The van der Waals surface area contributed by atoms with Crippen LogP contribution in [0.25, 0.3) is 0 Å². The van der Waals surface area contributed by atoms with Crippen molar-refractivity contribution in [3.8, 4) is 0 Å². The number of nitrogens with one attached hydrogen (secondary N) is 2. The lowest BCUT2D eigenvalue weighted by Gasteiger charge is -2.23. The summed E-state index contributed by atoms with van der Waals surface area (Å²) in [5.74, 6) is -0.557. The molecule has 1 atom stereocenters. The van der Waals surface area contributed by atoms with Gasteiger partial charge in [-0.2, -0.15) is 0 Å². The molecule has 1 heterocycles. The Labute approximate surface area is 112 Å². The van der Waals surface area contributed by atoms with Crippen molar-refractivity contribution in [2.75, 3.05) is 11.9 Å². The van der Waals surface area contributed by atoms with Crippen molar-refractivity contribution >= 4 is 17.5 Å². The maximum Gasteiger partial charge on any atom is 0.242 e. The highest BCUT2D eigenvalue weighted by molar-refractivity contribution is 5.90.